The summed E-state index contributed by atoms with van der Waals surface area (Å²) >= 11 is 5.97. The molecule has 21 heavy (non-hydrogen) atoms. The predicted molar refractivity (Wildman–Crippen MR) is 87.0 cm³/mol. The minimum absolute atomic E-state index is 0.615. The van der Waals surface area contributed by atoms with Crippen molar-refractivity contribution in [3.8, 4) is 11.5 Å². The summed E-state index contributed by atoms with van der Waals surface area (Å²) in [4.78, 5) is 4.18. The van der Waals surface area contributed by atoms with Gasteiger partial charge < -0.3 is 10.1 Å². The largest absolute Gasteiger partial charge is 0.457 e. The van der Waals surface area contributed by atoms with Crippen LogP contribution in [0.1, 0.15) is 25.0 Å². The van der Waals surface area contributed by atoms with Gasteiger partial charge in [-0.15, -0.1) is 0 Å². The highest BCUT2D eigenvalue weighted by molar-refractivity contribution is 6.30. The Kier molecular flexibility index (Phi) is 5.59. The molecular weight excluding hydrogens is 284 g/mol. The van der Waals surface area contributed by atoms with Gasteiger partial charge in [0.15, 0.2) is 0 Å². The average Bonchev–Trinajstić information content (AvgIpc) is 2.43. The number of halogens is 1. The van der Waals surface area contributed by atoms with Crippen LogP contribution in [-0.4, -0.2) is 11.5 Å². The average molecular weight is 305 g/mol. The van der Waals surface area contributed by atoms with E-state index in [0.29, 0.717) is 10.9 Å². The molecule has 0 aliphatic heterocycles. The zero-order valence-electron chi connectivity index (χ0n) is 12.7. The summed E-state index contributed by atoms with van der Waals surface area (Å²) in [6.45, 7) is 8.07. The second-order valence-corrected chi connectivity index (χ2v) is 5.96. The minimum Gasteiger partial charge on any atom is -0.457 e. The second-order valence-electron chi connectivity index (χ2n) is 5.52. The SMILES string of the molecule is Cc1cc(Cl)ccc1Oc1ccncc1CNCC(C)C. The molecular formula is C17H21ClN2O. The Morgan fingerprint density at radius 2 is 2.05 bits per heavy atom. The molecule has 0 atom stereocenters. The van der Waals surface area contributed by atoms with Gasteiger partial charge in [0.1, 0.15) is 11.5 Å². The Morgan fingerprint density at radius 3 is 2.76 bits per heavy atom. The van der Waals surface area contributed by atoms with Gasteiger partial charge in [-0.3, -0.25) is 4.98 Å². The Balaban J connectivity index is 2.12. The molecule has 112 valence electrons. The molecule has 0 spiro atoms. The van der Waals surface area contributed by atoms with Crippen molar-refractivity contribution in [1.82, 2.24) is 10.3 Å². The van der Waals surface area contributed by atoms with E-state index in [-0.39, 0.29) is 0 Å². The first-order chi connectivity index (χ1) is 10.1. The number of aromatic nitrogens is 1. The maximum Gasteiger partial charge on any atom is 0.135 e. The molecule has 4 heteroatoms. The van der Waals surface area contributed by atoms with Gasteiger partial charge >= 0.3 is 0 Å². The van der Waals surface area contributed by atoms with Gasteiger partial charge in [0, 0.05) is 29.5 Å². The van der Waals surface area contributed by atoms with Gasteiger partial charge in [-0.1, -0.05) is 25.4 Å². The van der Waals surface area contributed by atoms with E-state index < -0.39 is 0 Å². The highest BCUT2D eigenvalue weighted by Gasteiger charge is 2.07. The topological polar surface area (TPSA) is 34.1 Å². The van der Waals surface area contributed by atoms with E-state index in [0.717, 1.165) is 35.7 Å². The van der Waals surface area contributed by atoms with Crippen molar-refractivity contribution >= 4 is 11.6 Å². The lowest BCUT2D eigenvalue weighted by Crippen LogP contribution is -2.19. The maximum atomic E-state index is 6.01. The molecule has 2 aromatic rings. The van der Waals surface area contributed by atoms with Crippen molar-refractivity contribution in [2.45, 2.75) is 27.3 Å². The summed E-state index contributed by atoms with van der Waals surface area (Å²) in [5, 5.41) is 4.13. The summed E-state index contributed by atoms with van der Waals surface area (Å²) in [5.41, 5.74) is 2.06. The number of pyridine rings is 1. The van der Waals surface area contributed by atoms with Gasteiger partial charge in [-0.25, -0.2) is 0 Å². The van der Waals surface area contributed by atoms with Crippen LogP contribution in [0, 0.1) is 12.8 Å². The van der Waals surface area contributed by atoms with E-state index in [1.165, 1.54) is 0 Å². The number of nitrogens with one attached hydrogen (secondary N) is 1. The van der Waals surface area contributed by atoms with Gasteiger partial charge in [0.2, 0.25) is 0 Å². The van der Waals surface area contributed by atoms with E-state index in [2.05, 4.69) is 24.1 Å². The van der Waals surface area contributed by atoms with Crippen molar-refractivity contribution in [2.75, 3.05) is 6.54 Å². The van der Waals surface area contributed by atoms with Gasteiger partial charge in [0.05, 0.1) is 0 Å². The van der Waals surface area contributed by atoms with Crippen LogP contribution in [0.3, 0.4) is 0 Å². The van der Waals surface area contributed by atoms with E-state index in [1.807, 2.05) is 37.4 Å². The van der Waals surface area contributed by atoms with Crippen LogP contribution in [0.4, 0.5) is 0 Å². The first-order valence-electron chi connectivity index (χ1n) is 7.14. The molecule has 1 N–H and O–H groups in total. The number of hydrogen-bond donors (Lipinski definition) is 1. The zero-order valence-corrected chi connectivity index (χ0v) is 13.4. The monoisotopic (exact) mass is 304 g/mol. The lowest BCUT2D eigenvalue weighted by atomic mass is 10.2. The summed E-state index contributed by atoms with van der Waals surface area (Å²) < 4.78 is 6.01. The van der Waals surface area contributed by atoms with Gasteiger partial charge in [-0.2, -0.15) is 0 Å². The van der Waals surface area contributed by atoms with Crippen molar-refractivity contribution in [3.63, 3.8) is 0 Å². The molecule has 0 unspecified atom stereocenters. The van der Waals surface area contributed by atoms with E-state index in [4.69, 9.17) is 16.3 Å². The Hall–Kier alpha value is -1.58. The molecule has 0 fully saturated rings. The third-order valence-electron chi connectivity index (χ3n) is 3.08. The summed E-state index contributed by atoms with van der Waals surface area (Å²) in [6, 6.07) is 7.51. The van der Waals surface area contributed by atoms with E-state index in [9.17, 15) is 0 Å². The molecule has 1 aromatic carbocycles. The normalized spacial score (nSPS) is 10.9. The number of rotatable bonds is 6. The molecule has 0 saturated carbocycles. The Labute approximate surface area is 131 Å². The van der Waals surface area contributed by atoms with E-state index in [1.54, 1.807) is 6.20 Å². The second kappa shape index (κ2) is 7.43. The van der Waals surface area contributed by atoms with Crippen LogP contribution >= 0.6 is 11.6 Å². The fourth-order valence-corrected chi connectivity index (χ4v) is 2.21. The van der Waals surface area contributed by atoms with Crippen LogP contribution < -0.4 is 10.1 Å². The van der Waals surface area contributed by atoms with Crippen LogP contribution in [0.15, 0.2) is 36.7 Å². The number of hydrogen-bond acceptors (Lipinski definition) is 3. The summed E-state index contributed by atoms with van der Waals surface area (Å²) in [5.74, 6) is 2.26. The molecule has 0 aliphatic rings. The van der Waals surface area contributed by atoms with Crippen LogP contribution in [0.2, 0.25) is 5.02 Å². The molecule has 0 saturated heterocycles. The van der Waals surface area contributed by atoms with Gasteiger partial charge in [-0.05, 0) is 49.2 Å². The number of nitrogens with zero attached hydrogens (tertiary/aromatic N) is 1. The lowest BCUT2D eigenvalue weighted by Gasteiger charge is -2.14. The summed E-state index contributed by atoms with van der Waals surface area (Å²) in [7, 11) is 0. The highest BCUT2D eigenvalue weighted by atomic mass is 35.5. The number of ether oxygens (including phenoxy) is 1. The van der Waals surface area contributed by atoms with Crippen molar-refractivity contribution in [3.05, 3.63) is 52.8 Å². The van der Waals surface area contributed by atoms with Crippen LogP contribution in [-0.2, 0) is 6.54 Å². The molecule has 0 amide bonds. The number of benzene rings is 1. The fourth-order valence-electron chi connectivity index (χ4n) is 1.99. The number of aryl methyl sites for hydroxylation is 1. The maximum absolute atomic E-state index is 6.01. The molecule has 1 aromatic heterocycles. The van der Waals surface area contributed by atoms with Gasteiger partial charge in [0.25, 0.3) is 0 Å². The first-order valence-corrected chi connectivity index (χ1v) is 7.51. The quantitative estimate of drug-likeness (QED) is 0.848. The minimum atomic E-state index is 0.615. The molecule has 3 nitrogen and oxygen atoms in total. The lowest BCUT2D eigenvalue weighted by molar-refractivity contribution is 0.465. The zero-order chi connectivity index (χ0) is 15.2. The van der Waals surface area contributed by atoms with Crippen molar-refractivity contribution < 1.29 is 4.74 Å². The smallest absolute Gasteiger partial charge is 0.135 e. The first kappa shape index (κ1) is 15.8. The molecule has 2 rings (SSSR count). The van der Waals surface area contributed by atoms with Crippen LogP contribution in [0.5, 0.6) is 11.5 Å². The van der Waals surface area contributed by atoms with Crippen molar-refractivity contribution in [2.24, 2.45) is 5.92 Å². The standard InChI is InChI=1S/C17H21ClN2O/c1-12(2)9-20-11-14-10-19-7-6-17(14)21-16-5-4-15(18)8-13(16)3/h4-8,10,12,20H,9,11H2,1-3H3. The third kappa shape index (κ3) is 4.73. The molecule has 1 heterocycles. The van der Waals surface area contributed by atoms with Crippen molar-refractivity contribution in [1.29, 1.82) is 0 Å². The Bertz CT molecular complexity index is 599. The Morgan fingerprint density at radius 1 is 1.24 bits per heavy atom. The fraction of sp³-hybridized carbons (Fsp3) is 0.353. The summed E-state index contributed by atoms with van der Waals surface area (Å²) in [6.07, 6.45) is 3.58. The molecule has 0 radical (unpaired) electrons. The predicted octanol–water partition coefficient (Wildman–Crippen LogP) is 4.58. The van der Waals surface area contributed by atoms with Crippen LogP contribution in [0.25, 0.3) is 0 Å². The highest BCUT2D eigenvalue weighted by Crippen LogP contribution is 2.29. The van der Waals surface area contributed by atoms with E-state index >= 15 is 0 Å². The molecule has 0 bridgehead atoms. The third-order valence-corrected chi connectivity index (χ3v) is 3.32. The molecule has 0 aliphatic carbocycles.